The highest BCUT2D eigenvalue weighted by atomic mass is 16.5. The lowest BCUT2D eigenvalue weighted by atomic mass is 10.1. The Hall–Kier alpha value is -3.33. The second-order valence-electron chi connectivity index (χ2n) is 6.78. The lowest BCUT2D eigenvalue weighted by molar-refractivity contribution is -0.114. The molecule has 1 fully saturated rings. The number of amides is 1. The summed E-state index contributed by atoms with van der Waals surface area (Å²) in [4.78, 5) is 25.9. The lowest BCUT2D eigenvalue weighted by Crippen LogP contribution is -2.23. The maximum Gasteiger partial charge on any atom is 0.244 e. The third-order valence-electron chi connectivity index (χ3n) is 4.73. The van der Waals surface area contributed by atoms with Crippen LogP contribution in [0.5, 0.6) is 0 Å². The minimum absolute atomic E-state index is 0.0575. The fourth-order valence-corrected chi connectivity index (χ4v) is 3.42. The summed E-state index contributed by atoms with van der Waals surface area (Å²) in [6.45, 7) is 3.21. The van der Waals surface area contributed by atoms with Crippen molar-refractivity contribution in [2.75, 3.05) is 17.6 Å². The van der Waals surface area contributed by atoms with Crippen molar-refractivity contribution in [1.29, 1.82) is 0 Å². The van der Waals surface area contributed by atoms with E-state index >= 15 is 0 Å². The average Bonchev–Trinajstić information content (AvgIpc) is 3.32. The predicted molar refractivity (Wildman–Crippen MR) is 103 cm³/mol. The average molecular weight is 379 g/mol. The summed E-state index contributed by atoms with van der Waals surface area (Å²) in [6, 6.07) is 7.90. The molecule has 0 aliphatic carbocycles. The largest absolute Gasteiger partial charge is 0.383 e. The second kappa shape index (κ2) is 7.73. The Labute approximate surface area is 162 Å². The molecule has 144 valence electrons. The van der Waals surface area contributed by atoms with E-state index in [1.54, 1.807) is 6.20 Å². The van der Waals surface area contributed by atoms with Crippen molar-refractivity contribution in [2.45, 2.75) is 32.4 Å². The summed E-state index contributed by atoms with van der Waals surface area (Å²) in [7, 11) is 0. The summed E-state index contributed by atoms with van der Waals surface area (Å²) in [6.07, 6.45) is 4.98. The third kappa shape index (κ3) is 3.84. The fraction of sp³-hybridized carbons (Fsp3) is 0.316. The zero-order valence-corrected chi connectivity index (χ0v) is 15.5. The van der Waals surface area contributed by atoms with E-state index in [2.05, 4.69) is 30.3 Å². The zero-order valence-electron chi connectivity index (χ0n) is 15.5. The number of anilines is 2. The van der Waals surface area contributed by atoms with Gasteiger partial charge in [0, 0.05) is 25.4 Å². The van der Waals surface area contributed by atoms with Crippen molar-refractivity contribution in [2.24, 2.45) is 0 Å². The molecule has 0 unspecified atom stereocenters. The standard InChI is InChI=1S/C19H21N7O2/c1-12(27)23-14-6-4-13(5-7-14)10-26-8-2-3-16(26)19-24-18(25-28-19)15-9-21-11-22-17(15)20/h4-7,9,11,16H,2-3,8,10H2,1H3,(H,23,27)(H2,20,21,22)/t16-/m0/s1. The van der Waals surface area contributed by atoms with E-state index in [1.165, 1.54) is 13.3 Å². The first kappa shape index (κ1) is 18.1. The number of hydrogen-bond acceptors (Lipinski definition) is 8. The molecule has 28 heavy (non-hydrogen) atoms. The Morgan fingerprint density at radius 1 is 1.36 bits per heavy atom. The van der Waals surface area contributed by atoms with Gasteiger partial charge in [-0.3, -0.25) is 9.69 Å². The van der Waals surface area contributed by atoms with Crippen molar-refractivity contribution >= 4 is 17.4 Å². The number of carbonyl (C=O) groups is 1. The summed E-state index contributed by atoms with van der Waals surface area (Å²) in [5, 5.41) is 6.84. The van der Waals surface area contributed by atoms with Crippen LogP contribution in [0.15, 0.2) is 41.3 Å². The number of nitrogen functional groups attached to an aromatic ring is 1. The van der Waals surface area contributed by atoms with Gasteiger partial charge in [-0.1, -0.05) is 17.3 Å². The van der Waals surface area contributed by atoms with Crippen LogP contribution < -0.4 is 11.1 Å². The molecule has 2 aromatic heterocycles. The molecule has 9 heteroatoms. The highest BCUT2D eigenvalue weighted by Gasteiger charge is 2.31. The van der Waals surface area contributed by atoms with Crippen LogP contribution in [0.4, 0.5) is 11.5 Å². The third-order valence-corrected chi connectivity index (χ3v) is 4.73. The number of rotatable bonds is 5. The molecule has 1 aliphatic rings. The van der Waals surface area contributed by atoms with Gasteiger partial charge in [0.05, 0.1) is 11.6 Å². The van der Waals surface area contributed by atoms with Gasteiger partial charge in [0.15, 0.2) is 0 Å². The number of nitrogens with two attached hydrogens (primary N) is 1. The number of nitrogens with zero attached hydrogens (tertiary/aromatic N) is 5. The van der Waals surface area contributed by atoms with Crippen LogP contribution in [-0.4, -0.2) is 37.5 Å². The minimum atomic E-state index is -0.0796. The Bertz CT molecular complexity index is 970. The first-order valence-electron chi connectivity index (χ1n) is 9.10. The maximum absolute atomic E-state index is 11.1. The zero-order chi connectivity index (χ0) is 19.5. The van der Waals surface area contributed by atoms with Crippen LogP contribution in [-0.2, 0) is 11.3 Å². The predicted octanol–water partition coefficient (Wildman–Crippen LogP) is 2.40. The first-order chi connectivity index (χ1) is 13.6. The summed E-state index contributed by atoms with van der Waals surface area (Å²) < 4.78 is 5.53. The van der Waals surface area contributed by atoms with Crippen LogP contribution in [0.1, 0.15) is 37.3 Å². The smallest absolute Gasteiger partial charge is 0.244 e. The lowest BCUT2D eigenvalue weighted by Gasteiger charge is -2.21. The Balaban J connectivity index is 1.48. The van der Waals surface area contributed by atoms with E-state index in [4.69, 9.17) is 10.3 Å². The van der Waals surface area contributed by atoms with E-state index in [0.29, 0.717) is 23.1 Å². The van der Waals surface area contributed by atoms with E-state index in [1.807, 2.05) is 24.3 Å². The highest BCUT2D eigenvalue weighted by molar-refractivity contribution is 5.88. The van der Waals surface area contributed by atoms with E-state index < -0.39 is 0 Å². The molecule has 3 N–H and O–H groups in total. The van der Waals surface area contributed by atoms with Gasteiger partial charge in [-0.05, 0) is 37.1 Å². The Morgan fingerprint density at radius 2 is 2.18 bits per heavy atom. The van der Waals surface area contributed by atoms with Gasteiger partial charge >= 0.3 is 0 Å². The first-order valence-corrected chi connectivity index (χ1v) is 9.10. The number of aromatic nitrogens is 4. The van der Waals surface area contributed by atoms with Gasteiger partial charge in [-0.15, -0.1) is 0 Å². The quantitative estimate of drug-likeness (QED) is 0.693. The molecule has 1 saturated heterocycles. The molecule has 0 saturated carbocycles. The summed E-state index contributed by atoms with van der Waals surface area (Å²) in [5.74, 6) is 1.22. The van der Waals surface area contributed by atoms with Crippen molar-refractivity contribution in [3.63, 3.8) is 0 Å². The molecule has 1 amide bonds. The molecule has 0 spiro atoms. The molecule has 1 aliphatic heterocycles. The molecule has 3 heterocycles. The van der Waals surface area contributed by atoms with Crippen molar-refractivity contribution in [1.82, 2.24) is 25.0 Å². The number of carbonyl (C=O) groups excluding carboxylic acids is 1. The molecular weight excluding hydrogens is 358 g/mol. The molecule has 0 bridgehead atoms. The molecular formula is C19H21N7O2. The van der Waals surface area contributed by atoms with Gasteiger partial charge in [-0.2, -0.15) is 4.98 Å². The van der Waals surface area contributed by atoms with Crippen LogP contribution in [0, 0.1) is 0 Å². The monoisotopic (exact) mass is 379 g/mol. The molecule has 4 rings (SSSR count). The number of likely N-dealkylation sites (tertiary alicyclic amines) is 1. The number of hydrogen-bond donors (Lipinski definition) is 2. The van der Waals surface area contributed by atoms with Gasteiger partial charge in [0.25, 0.3) is 0 Å². The summed E-state index contributed by atoms with van der Waals surface area (Å²) in [5.41, 5.74) is 8.39. The maximum atomic E-state index is 11.1. The van der Waals surface area contributed by atoms with Crippen LogP contribution in [0.3, 0.4) is 0 Å². The molecule has 3 aromatic rings. The van der Waals surface area contributed by atoms with Gasteiger partial charge in [-0.25, -0.2) is 9.97 Å². The van der Waals surface area contributed by atoms with Crippen molar-refractivity contribution in [3.05, 3.63) is 48.2 Å². The van der Waals surface area contributed by atoms with Crippen LogP contribution >= 0.6 is 0 Å². The van der Waals surface area contributed by atoms with Gasteiger partial charge in [0.1, 0.15) is 12.1 Å². The van der Waals surface area contributed by atoms with E-state index in [-0.39, 0.29) is 11.9 Å². The van der Waals surface area contributed by atoms with E-state index in [0.717, 1.165) is 37.2 Å². The fourth-order valence-electron chi connectivity index (χ4n) is 3.42. The van der Waals surface area contributed by atoms with Crippen LogP contribution in [0.2, 0.25) is 0 Å². The van der Waals surface area contributed by atoms with Crippen molar-refractivity contribution in [3.8, 4) is 11.4 Å². The second-order valence-corrected chi connectivity index (χ2v) is 6.78. The topological polar surface area (TPSA) is 123 Å². The SMILES string of the molecule is CC(=O)Nc1ccc(CN2CCC[C@H]2c2nc(-c3cncnc3N)no2)cc1. The Morgan fingerprint density at radius 3 is 2.93 bits per heavy atom. The molecule has 1 aromatic carbocycles. The minimum Gasteiger partial charge on any atom is -0.383 e. The highest BCUT2D eigenvalue weighted by Crippen LogP contribution is 2.33. The van der Waals surface area contributed by atoms with E-state index in [9.17, 15) is 4.79 Å². The Kier molecular flexibility index (Phi) is 4.98. The van der Waals surface area contributed by atoms with Gasteiger partial charge < -0.3 is 15.6 Å². The molecule has 9 nitrogen and oxygen atoms in total. The normalized spacial score (nSPS) is 17.0. The molecule has 0 radical (unpaired) electrons. The molecule has 1 atom stereocenters. The summed E-state index contributed by atoms with van der Waals surface area (Å²) >= 11 is 0. The van der Waals surface area contributed by atoms with Gasteiger partial charge in [0.2, 0.25) is 17.6 Å². The van der Waals surface area contributed by atoms with Crippen LogP contribution in [0.25, 0.3) is 11.4 Å². The van der Waals surface area contributed by atoms with Crippen molar-refractivity contribution < 1.29 is 9.32 Å². The number of benzene rings is 1. The number of nitrogens with one attached hydrogen (secondary N) is 1.